The SMILES string of the molecule is C.CC.CC(C)CCCC[C@@H](O)C1CCC(C2CCC(F)CC2)CC1.CCC.O. The summed E-state index contributed by atoms with van der Waals surface area (Å²) in [7, 11) is 0. The maximum atomic E-state index is 13.3. The number of hydrogen-bond acceptors (Lipinski definition) is 1. The van der Waals surface area contributed by atoms with Crippen molar-refractivity contribution in [3.63, 3.8) is 0 Å². The van der Waals surface area contributed by atoms with Gasteiger partial charge in [0.15, 0.2) is 0 Å². The van der Waals surface area contributed by atoms with E-state index in [1.54, 1.807) is 0 Å². The summed E-state index contributed by atoms with van der Waals surface area (Å²) in [5, 5.41) is 10.4. The molecule has 29 heavy (non-hydrogen) atoms. The maximum absolute atomic E-state index is 13.3. The Hall–Kier alpha value is -0.150. The number of aliphatic hydroxyl groups excluding tert-OH is 1. The quantitative estimate of drug-likeness (QED) is 0.415. The first-order valence-electron chi connectivity index (χ1n) is 12.3. The number of unbranched alkanes of at least 4 members (excludes halogenated alkanes) is 1. The molecule has 2 nitrogen and oxygen atoms in total. The van der Waals surface area contributed by atoms with E-state index in [1.165, 1.54) is 51.4 Å². The van der Waals surface area contributed by atoms with Gasteiger partial charge in [0.05, 0.1) is 6.10 Å². The second-order valence-electron chi connectivity index (χ2n) is 9.14. The van der Waals surface area contributed by atoms with Crippen molar-refractivity contribution in [2.24, 2.45) is 23.7 Å². The zero-order chi connectivity index (χ0) is 20.7. The van der Waals surface area contributed by atoms with Gasteiger partial charge in [-0.3, -0.25) is 0 Å². The van der Waals surface area contributed by atoms with Gasteiger partial charge in [-0.05, 0) is 81.5 Å². The molecule has 180 valence electrons. The van der Waals surface area contributed by atoms with Crippen LogP contribution in [0.25, 0.3) is 0 Å². The highest BCUT2D eigenvalue weighted by molar-refractivity contribution is 4.83. The van der Waals surface area contributed by atoms with E-state index >= 15 is 0 Å². The zero-order valence-corrected chi connectivity index (χ0v) is 20.0. The van der Waals surface area contributed by atoms with E-state index in [4.69, 9.17) is 0 Å². The lowest BCUT2D eigenvalue weighted by atomic mass is 9.69. The predicted octanol–water partition coefficient (Wildman–Crippen LogP) is 8.15. The molecule has 0 bridgehead atoms. The van der Waals surface area contributed by atoms with Crippen molar-refractivity contribution < 1.29 is 15.0 Å². The third-order valence-corrected chi connectivity index (χ3v) is 6.26. The van der Waals surface area contributed by atoms with Crippen LogP contribution in [-0.4, -0.2) is 22.9 Å². The highest BCUT2D eigenvalue weighted by Gasteiger charge is 2.32. The van der Waals surface area contributed by atoms with E-state index in [-0.39, 0.29) is 19.0 Å². The van der Waals surface area contributed by atoms with E-state index in [9.17, 15) is 9.50 Å². The van der Waals surface area contributed by atoms with Crippen LogP contribution in [0, 0.1) is 23.7 Å². The average Bonchev–Trinajstić information content (AvgIpc) is 2.68. The maximum Gasteiger partial charge on any atom is 0.100 e. The first kappa shape index (κ1) is 33.5. The molecule has 2 fully saturated rings. The highest BCUT2D eigenvalue weighted by atomic mass is 19.1. The minimum Gasteiger partial charge on any atom is -0.412 e. The van der Waals surface area contributed by atoms with Crippen LogP contribution in [0.4, 0.5) is 4.39 Å². The first-order valence-corrected chi connectivity index (χ1v) is 12.3. The van der Waals surface area contributed by atoms with Gasteiger partial charge >= 0.3 is 0 Å². The third-order valence-electron chi connectivity index (χ3n) is 6.26. The summed E-state index contributed by atoms with van der Waals surface area (Å²) in [6, 6.07) is 0. The Kier molecular flexibility index (Phi) is 24.4. The van der Waals surface area contributed by atoms with Crippen LogP contribution in [-0.2, 0) is 0 Å². The lowest BCUT2D eigenvalue weighted by Gasteiger charge is -2.37. The molecule has 3 N–H and O–H groups in total. The molecule has 0 heterocycles. The molecule has 0 radical (unpaired) electrons. The van der Waals surface area contributed by atoms with E-state index in [1.807, 2.05) is 13.8 Å². The molecular formula is C26H57FO2. The number of halogens is 1. The molecule has 2 saturated carbocycles. The molecule has 0 unspecified atom stereocenters. The predicted molar refractivity (Wildman–Crippen MR) is 129 cm³/mol. The van der Waals surface area contributed by atoms with Crippen molar-refractivity contribution in [3.8, 4) is 0 Å². The summed E-state index contributed by atoms with van der Waals surface area (Å²) >= 11 is 0. The van der Waals surface area contributed by atoms with E-state index in [0.29, 0.717) is 5.92 Å². The molecule has 0 saturated heterocycles. The number of rotatable bonds is 7. The van der Waals surface area contributed by atoms with E-state index < -0.39 is 6.17 Å². The molecule has 2 aliphatic carbocycles. The largest absolute Gasteiger partial charge is 0.412 e. The Morgan fingerprint density at radius 2 is 1.17 bits per heavy atom. The topological polar surface area (TPSA) is 51.7 Å². The molecule has 0 aromatic rings. The molecule has 0 aromatic carbocycles. The minimum atomic E-state index is -0.528. The van der Waals surface area contributed by atoms with Crippen LogP contribution in [0.3, 0.4) is 0 Å². The third kappa shape index (κ3) is 15.3. The molecule has 2 aliphatic rings. The van der Waals surface area contributed by atoms with Gasteiger partial charge in [0.1, 0.15) is 6.17 Å². The van der Waals surface area contributed by atoms with Crippen LogP contribution in [0.5, 0.6) is 0 Å². The van der Waals surface area contributed by atoms with Gasteiger partial charge < -0.3 is 10.6 Å². The zero-order valence-electron chi connectivity index (χ0n) is 20.0. The molecular weight excluding hydrogens is 363 g/mol. The monoisotopic (exact) mass is 420 g/mol. The van der Waals surface area contributed by atoms with Gasteiger partial charge in [-0.1, -0.05) is 74.7 Å². The molecule has 0 amide bonds. The van der Waals surface area contributed by atoms with Gasteiger partial charge in [0.2, 0.25) is 0 Å². The summed E-state index contributed by atoms with van der Waals surface area (Å²) in [4.78, 5) is 0. The number of aliphatic hydroxyl groups is 1. The Labute approximate surface area is 183 Å². The summed E-state index contributed by atoms with van der Waals surface area (Å²) < 4.78 is 13.3. The van der Waals surface area contributed by atoms with Crippen molar-refractivity contribution in [3.05, 3.63) is 0 Å². The minimum absolute atomic E-state index is 0. The van der Waals surface area contributed by atoms with Crippen LogP contribution < -0.4 is 0 Å². The fourth-order valence-electron chi connectivity index (χ4n) is 4.69. The lowest BCUT2D eigenvalue weighted by molar-refractivity contribution is 0.0484. The van der Waals surface area contributed by atoms with Gasteiger partial charge in [-0.15, -0.1) is 0 Å². The Morgan fingerprint density at radius 1 is 0.793 bits per heavy atom. The van der Waals surface area contributed by atoms with Crippen LogP contribution >= 0.6 is 0 Å². The molecule has 0 spiro atoms. The number of hydrogen-bond donors (Lipinski definition) is 1. The fraction of sp³-hybridized carbons (Fsp3) is 1.00. The van der Waals surface area contributed by atoms with Crippen molar-refractivity contribution >= 4 is 0 Å². The average molecular weight is 421 g/mol. The Balaban J connectivity index is -0.000000884. The van der Waals surface area contributed by atoms with E-state index in [2.05, 4.69) is 27.7 Å². The second-order valence-corrected chi connectivity index (χ2v) is 9.14. The first-order chi connectivity index (χ1) is 13.0. The van der Waals surface area contributed by atoms with Crippen molar-refractivity contribution in [2.45, 2.75) is 145 Å². The summed E-state index contributed by atoms with van der Waals surface area (Å²) in [5.74, 6) is 2.91. The lowest BCUT2D eigenvalue weighted by Crippen LogP contribution is -2.30. The fourth-order valence-corrected chi connectivity index (χ4v) is 4.69. The van der Waals surface area contributed by atoms with Crippen molar-refractivity contribution in [1.29, 1.82) is 0 Å². The molecule has 2 rings (SSSR count). The highest BCUT2D eigenvalue weighted by Crippen LogP contribution is 2.41. The normalized spacial score (nSPS) is 27.2. The summed E-state index contributed by atoms with van der Waals surface area (Å²) in [6.07, 6.45) is 14.1. The summed E-state index contributed by atoms with van der Waals surface area (Å²) in [5.41, 5.74) is 0. The summed E-state index contributed by atoms with van der Waals surface area (Å²) in [6.45, 7) is 12.8. The second kappa shape index (κ2) is 21.1. The van der Waals surface area contributed by atoms with Crippen molar-refractivity contribution in [2.75, 3.05) is 0 Å². The smallest absolute Gasteiger partial charge is 0.100 e. The molecule has 3 heteroatoms. The van der Waals surface area contributed by atoms with E-state index in [0.717, 1.165) is 49.9 Å². The Bertz CT molecular complexity index is 306. The van der Waals surface area contributed by atoms with Gasteiger partial charge in [-0.2, -0.15) is 0 Å². The molecule has 0 aliphatic heterocycles. The van der Waals surface area contributed by atoms with Crippen LogP contribution in [0.1, 0.15) is 132 Å². The van der Waals surface area contributed by atoms with Gasteiger partial charge in [0.25, 0.3) is 0 Å². The molecule has 0 aromatic heterocycles. The van der Waals surface area contributed by atoms with Crippen molar-refractivity contribution in [1.82, 2.24) is 0 Å². The van der Waals surface area contributed by atoms with Crippen LogP contribution in [0.15, 0.2) is 0 Å². The van der Waals surface area contributed by atoms with Gasteiger partial charge in [-0.25, -0.2) is 4.39 Å². The van der Waals surface area contributed by atoms with Crippen LogP contribution in [0.2, 0.25) is 0 Å². The Morgan fingerprint density at radius 3 is 1.59 bits per heavy atom. The van der Waals surface area contributed by atoms with Gasteiger partial charge in [0, 0.05) is 0 Å². The number of alkyl halides is 1. The standard InChI is InChI=1S/C20H37FO.C3H8.C2H6.CH4.H2O/c1-15(2)5-3-4-6-20(22)18-9-7-16(8-10-18)17-11-13-19(21)14-12-17;1-3-2;1-2;;/h15-20,22H,3-14H2,1-2H3;3H2,1-2H3;1-2H3;1H4;1H2/t16?,17?,18?,19?,20-;;;;/m1..../s1. The molecule has 1 atom stereocenters.